The summed E-state index contributed by atoms with van der Waals surface area (Å²) in [4.78, 5) is 12.1. The molecule has 0 atom stereocenters. The topological polar surface area (TPSA) is 86.5 Å². The quantitative estimate of drug-likeness (QED) is 0.776. The maximum Gasteiger partial charge on any atom is 0.322 e. The Morgan fingerprint density at radius 3 is 2.54 bits per heavy atom. The Kier molecular flexibility index (Phi) is 4.42. The Morgan fingerprint density at radius 2 is 1.83 bits per heavy atom. The zero-order valence-corrected chi connectivity index (χ0v) is 13.1. The highest BCUT2D eigenvalue weighted by Gasteiger charge is 2.16. The first-order chi connectivity index (χ1) is 11.7. The van der Waals surface area contributed by atoms with Gasteiger partial charge in [0.25, 0.3) is 11.8 Å². The molecule has 0 aliphatic heterocycles. The molecule has 0 bridgehead atoms. The van der Waals surface area contributed by atoms with E-state index in [4.69, 9.17) is 13.9 Å². The standard InChI is InChI=1S/C17H15N3O4/c1-22-12-8-9-14(23-2)13(10-12)16-19-20-17(24-16)18-15(21)11-6-4-3-5-7-11/h3-10H,1-2H3,(H,18,20,21). The van der Waals surface area contributed by atoms with E-state index in [2.05, 4.69) is 15.5 Å². The van der Waals surface area contributed by atoms with Crippen LogP contribution in [0.15, 0.2) is 52.9 Å². The molecule has 0 aliphatic rings. The molecule has 1 N–H and O–H groups in total. The number of anilines is 1. The van der Waals surface area contributed by atoms with Crippen molar-refractivity contribution in [2.75, 3.05) is 19.5 Å². The zero-order valence-electron chi connectivity index (χ0n) is 13.1. The van der Waals surface area contributed by atoms with Crippen LogP contribution >= 0.6 is 0 Å². The first kappa shape index (κ1) is 15.5. The maximum atomic E-state index is 12.1. The lowest BCUT2D eigenvalue weighted by Gasteiger charge is -2.07. The predicted octanol–water partition coefficient (Wildman–Crippen LogP) is 3.01. The van der Waals surface area contributed by atoms with E-state index in [9.17, 15) is 4.79 Å². The number of nitrogens with one attached hydrogen (secondary N) is 1. The van der Waals surface area contributed by atoms with Crippen molar-refractivity contribution in [1.29, 1.82) is 0 Å². The molecule has 1 amide bonds. The van der Waals surface area contributed by atoms with Gasteiger partial charge in [-0.3, -0.25) is 10.1 Å². The summed E-state index contributed by atoms with van der Waals surface area (Å²) in [6.45, 7) is 0. The highest BCUT2D eigenvalue weighted by molar-refractivity contribution is 6.03. The third-order valence-electron chi connectivity index (χ3n) is 3.32. The van der Waals surface area contributed by atoms with E-state index in [1.807, 2.05) is 6.07 Å². The van der Waals surface area contributed by atoms with Crippen LogP contribution in [-0.2, 0) is 0 Å². The van der Waals surface area contributed by atoms with Crippen molar-refractivity contribution in [3.63, 3.8) is 0 Å². The molecule has 7 heteroatoms. The fourth-order valence-corrected chi connectivity index (χ4v) is 2.12. The van der Waals surface area contributed by atoms with Gasteiger partial charge >= 0.3 is 6.01 Å². The van der Waals surface area contributed by atoms with Crippen molar-refractivity contribution in [1.82, 2.24) is 10.2 Å². The Balaban J connectivity index is 1.85. The predicted molar refractivity (Wildman–Crippen MR) is 87.2 cm³/mol. The summed E-state index contributed by atoms with van der Waals surface area (Å²) >= 11 is 0. The molecule has 1 aromatic heterocycles. The third-order valence-corrected chi connectivity index (χ3v) is 3.32. The van der Waals surface area contributed by atoms with Crippen molar-refractivity contribution in [2.45, 2.75) is 0 Å². The van der Waals surface area contributed by atoms with Crippen molar-refractivity contribution >= 4 is 11.9 Å². The lowest BCUT2D eigenvalue weighted by Crippen LogP contribution is -2.11. The van der Waals surface area contributed by atoms with Crippen LogP contribution in [-0.4, -0.2) is 30.3 Å². The van der Waals surface area contributed by atoms with Crippen LogP contribution in [0, 0.1) is 0 Å². The summed E-state index contributed by atoms with van der Waals surface area (Å²) in [5.41, 5.74) is 1.07. The summed E-state index contributed by atoms with van der Waals surface area (Å²) in [5, 5.41) is 10.4. The number of carbonyl (C=O) groups excluding carboxylic acids is 1. The van der Waals surface area contributed by atoms with Gasteiger partial charge in [0.05, 0.1) is 19.8 Å². The van der Waals surface area contributed by atoms with E-state index in [-0.39, 0.29) is 17.8 Å². The van der Waals surface area contributed by atoms with Gasteiger partial charge in [-0.05, 0) is 30.3 Å². The highest BCUT2D eigenvalue weighted by atomic mass is 16.5. The van der Waals surface area contributed by atoms with Crippen LogP contribution in [0.2, 0.25) is 0 Å². The molecule has 1 heterocycles. The molecule has 2 aromatic carbocycles. The number of hydrogen-bond acceptors (Lipinski definition) is 6. The molecule has 0 saturated heterocycles. The largest absolute Gasteiger partial charge is 0.497 e. The number of methoxy groups -OCH3 is 2. The number of ether oxygens (including phenoxy) is 2. The molecule has 0 saturated carbocycles. The molecule has 3 aromatic rings. The molecule has 24 heavy (non-hydrogen) atoms. The van der Waals surface area contributed by atoms with Crippen LogP contribution in [0.5, 0.6) is 11.5 Å². The van der Waals surface area contributed by atoms with E-state index in [0.717, 1.165) is 0 Å². The Hall–Kier alpha value is -3.35. The molecular weight excluding hydrogens is 310 g/mol. The number of rotatable bonds is 5. The van der Waals surface area contributed by atoms with E-state index in [0.29, 0.717) is 22.6 Å². The highest BCUT2D eigenvalue weighted by Crippen LogP contribution is 2.33. The first-order valence-corrected chi connectivity index (χ1v) is 7.13. The van der Waals surface area contributed by atoms with Gasteiger partial charge in [-0.2, -0.15) is 0 Å². The molecule has 0 spiro atoms. The fourth-order valence-electron chi connectivity index (χ4n) is 2.12. The molecule has 7 nitrogen and oxygen atoms in total. The second kappa shape index (κ2) is 6.82. The van der Waals surface area contributed by atoms with Crippen molar-refractivity contribution in [3.05, 3.63) is 54.1 Å². The SMILES string of the molecule is COc1ccc(OC)c(-c2nnc(NC(=O)c3ccccc3)o2)c1. The number of benzene rings is 2. The van der Waals surface area contributed by atoms with Gasteiger partial charge in [-0.15, -0.1) is 5.10 Å². The summed E-state index contributed by atoms with van der Waals surface area (Å²) < 4.78 is 16.0. The molecule has 3 rings (SSSR count). The molecule has 0 aliphatic carbocycles. The van der Waals surface area contributed by atoms with Gasteiger partial charge in [0, 0.05) is 5.56 Å². The lowest BCUT2D eigenvalue weighted by molar-refractivity contribution is 0.102. The number of aromatic nitrogens is 2. The third kappa shape index (κ3) is 3.19. The molecule has 122 valence electrons. The minimum atomic E-state index is -0.330. The fraction of sp³-hybridized carbons (Fsp3) is 0.118. The Labute approximate surface area is 138 Å². The smallest absolute Gasteiger partial charge is 0.322 e. The van der Waals surface area contributed by atoms with Gasteiger partial charge in [0.2, 0.25) is 0 Å². The average Bonchev–Trinajstić information content (AvgIpc) is 3.10. The number of amides is 1. The van der Waals surface area contributed by atoms with Gasteiger partial charge in [-0.25, -0.2) is 0 Å². The van der Waals surface area contributed by atoms with Gasteiger partial charge in [0.15, 0.2) is 0 Å². The van der Waals surface area contributed by atoms with Crippen LogP contribution in [0.1, 0.15) is 10.4 Å². The maximum absolute atomic E-state index is 12.1. The van der Waals surface area contributed by atoms with E-state index in [1.165, 1.54) is 0 Å². The summed E-state index contributed by atoms with van der Waals surface area (Å²) in [7, 11) is 3.10. The molecule has 0 radical (unpaired) electrons. The van der Waals surface area contributed by atoms with E-state index in [1.54, 1.807) is 56.7 Å². The molecule has 0 fully saturated rings. The Morgan fingerprint density at radius 1 is 1.04 bits per heavy atom. The van der Waals surface area contributed by atoms with E-state index >= 15 is 0 Å². The van der Waals surface area contributed by atoms with Crippen molar-refractivity contribution < 1.29 is 18.7 Å². The number of hydrogen-bond donors (Lipinski definition) is 1. The van der Waals surface area contributed by atoms with Crippen LogP contribution < -0.4 is 14.8 Å². The second-order valence-corrected chi connectivity index (χ2v) is 4.80. The van der Waals surface area contributed by atoms with Gasteiger partial charge in [-0.1, -0.05) is 23.3 Å². The average molecular weight is 325 g/mol. The lowest BCUT2D eigenvalue weighted by atomic mass is 10.2. The van der Waals surface area contributed by atoms with E-state index < -0.39 is 0 Å². The van der Waals surface area contributed by atoms with Crippen molar-refractivity contribution in [3.8, 4) is 23.0 Å². The van der Waals surface area contributed by atoms with Crippen molar-refractivity contribution in [2.24, 2.45) is 0 Å². The normalized spacial score (nSPS) is 10.2. The van der Waals surface area contributed by atoms with Gasteiger partial charge in [0.1, 0.15) is 11.5 Å². The first-order valence-electron chi connectivity index (χ1n) is 7.13. The van der Waals surface area contributed by atoms with Gasteiger partial charge < -0.3 is 13.9 Å². The number of nitrogens with zero attached hydrogens (tertiary/aromatic N) is 2. The number of carbonyl (C=O) groups is 1. The Bertz CT molecular complexity index is 846. The van der Waals surface area contributed by atoms with Crippen LogP contribution in [0.25, 0.3) is 11.5 Å². The summed E-state index contributed by atoms with van der Waals surface area (Å²) in [5.74, 6) is 1.07. The molecular formula is C17H15N3O4. The minimum absolute atomic E-state index is 0.00345. The monoisotopic (exact) mass is 325 g/mol. The molecule has 0 unspecified atom stereocenters. The van der Waals surface area contributed by atoms with Crippen LogP contribution in [0.4, 0.5) is 6.01 Å². The van der Waals surface area contributed by atoms with Crippen LogP contribution in [0.3, 0.4) is 0 Å². The second-order valence-electron chi connectivity index (χ2n) is 4.80. The minimum Gasteiger partial charge on any atom is -0.497 e. The zero-order chi connectivity index (χ0) is 16.9. The summed E-state index contributed by atoms with van der Waals surface area (Å²) in [6.07, 6.45) is 0. The summed E-state index contributed by atoms with van der Waals surface area (Å²) in [6, 6.07) is 14.0.